The molecule has 0 spiro atoms. The Morgan fingerprint density at radius 2 is 1.79 bits per heavy atom. The first-order valence-electron chi connectivity index (χ1n) is 5.99. The van der Waals surface area contributed by atoms with Gasteiger partial charge in [-0.2, -0.15) is 0 Å². The van der Waals surface area contributed by atoms with Gasteiger partial charge in [0.2, 0.25) is 0 Å². The Labute approximate surface area is 127 Å². The summed E-state index contributed by atoms with van der Waals surface area (Å²) in [7, 11) is 0. The molecule has 1 aliphatic rings. The maximum absolute atomic E-state index is 6.27. The van der Waals surface area contributed by atoms with Gasteiger partial charge in [-0.1, -0.05) is 40.9 Å². The summed E-state index contributed by atoms with van der Waals surface area (Å²) in [6.45, 7) is 2.03. The first-order valence-corrected chi connectivity index (χ1v) is 7.13. The highest BCUT2D eigenvalue weighted by Gasteiger charge is 2.25. The van der Waals surface area contributed by atoms with Crippen LogP contribution in [0.3, 0.4) is 0 Å². The van der Waals surface area contributed by atoms with E-state index in [1.807, 2.05) is 37.3 Å². The number of hydrogen-bond donors (Lipinski definition) is 0. The molecule has 0 fully saturated rings. The molecular formula is C15H11Cl3O. The molecule has 1 atom stereocenters. The topological polar surface area (TPSA) is 9.23 Å². The van der Waals surface area contributed by atoms with E-state index in [0.717, 1.165) is 28.9 Å². The second-order valence-corrected chi connectivity index (χ2v) is 5.92. The van der Waals surface area contributed by atoms with Crippen molar-refractivity contribution in [2.75, 3.05) is 0 Å². The van der Waals surface area contributed by atoms with E-state index < -0.39 is 0 Å². The summed E-state index contributed by atoms with van der Waals surface area (Å²) in [5.41, 5.74) is 2.74. The zero-order chi connectivity index (χ0) is 13.6. The van der Waals surface area contributed by atoms with Crippen LogP contribution in [0.4, 0.5) is 0 Å². The van der Waals surface area contributed by atoms with Crippen molar-refractivity contribution in [3.63, 3.8) is 0 Å². The predicted octanol–water partition coefficient (Wildman–Crippen LogP) is 5.64. The normalized spacial score (nSPS) is 17.2. The van der Waals surface area contributed by atoms with Crippen molar-refractivity contribution < 1.29 is 4.74 Å². The number of benzene rings is 2. The second-order valence-electron chi connectivity index (χ2n) is 4.67. The summed E-state index contributed by atoms with van der Waals surface area (Å²) < 4.78 is 5.88. The molecule has 2 aromatic rings. The summed E-state index contributed by atoms with van der Waals surface area (Å²) in [6.07, 6.45) is 0.999. The molecule has 0 amide bonds. The Balaban J connectivity index is 2.27. The molecule has 0 saturated carbocycles. The molecule has 0 saturated heterocycles. The van der Waals surface area contributed by atoms with Gasteiger partial charge in [0.1, 0.15) is 11.9 Å². The fraction of sp³-hybridized carbons (Fsp3) is 0.200. The largest absolute Gasteiger partial charge is 0.489 e. The van der Waals surface area contributed by atoms with Gasteiger partial charge in [0.15, 0.2) is 0 Å². The van der Waals surface area contributed by atoms with Crippen LogP contribution in [-0.2, 0) is 6.42 Å². The minimum atomic E-state index is 0.147. The Hall–Kier alpha value is -0.890. The van der Waals surface area contributed by atoms with Gasteiger partial charge in [-0.15, -0.1) is 0 Å². The molecule has 1 heterocycles. The quantitative estimate of drug-likeness (QED) is 0.662. The van der Waals surface area contributed by atoms with Crippen LogP contribution in [0.5, 0.6) is 5.75 Å². The van der Waals surface area contributed by atoms with E-state index in [-0.39, 0.29) is 6.10 Å². The molecule has 2 aromatic carbocycles. The number of ether oxygens (including phenoxy) is 1. The van der Waals surface area contributed by atoms with E-state index in [1.165, 1.54) is 0 Å². The van der Waals surface area contributed by atoms with E-state index in [2.05, 4.69) is 0 Å². The van der Waals surface area contributed by atoms with Crippen molar-refractivity contribution in [1.82, 2.24) is 0 Å². The molecule has 1 aliphatic heterocycles. The van der Waals surface area contributed by atoms with Gasteiger partial charge in [-0.05, 0) is 36.8 Å². The summed E-state index contributed by atoms with van der Waals surface area (Å²) in [5.74, 6) is 0.840. The number of halogens is 3. The van der Waals surface area contributed by atoms with Crippen LogP contribution in [0.2, 0.25) is 15.1 Å². The molecule has 0 radical (unpaired) electrons. The highest BCUT2D eigenvalue weighted by molar-refractivity contribution is 6.39. The lowest BCUT2D eigenvalue weighted by molar-refractivity contribution is 0.255. The van der Waals surface area contributed by atoms with Crippen molar-refractivity contribution in [3.8, 4) is 16.9 Å². The van der Waals surface area contributed by atoms with Gasteiger partial charge < -0.3 is 4.74 Å². The van der Waals surface area contributed by atoms with Gasteiger partial charge in [0.25, 0.3) is 0 Å². The van der Waals surface area contributed by atoms with E-state index >= 15 is 0 Å². The van der Waals surface area contributed by atoms with E-state index in [1.54, 1.807) is 0 Å². The molecule has 0 N–H and O–H groups in total. The van der Waals surface area contributed by atoms with Crippen molar-refractivity contribution in [1.29, 1.82) is 0 Å². The van der Waals surface area contributed by atoms with Crippen LogP contribution in [0.25, 0.3) is 11.1 Å². The molecular weight excluding hydrogens is 303 g/mol. The third kappa shape index (κ3) is 2.31. The molecule has 1 nitrogen and oxygen atoms in total. The molecule has 0 aromatic heterocycles. The Kier molecular flexibility index (Phi) is 3.38. The highest BCUT2D eigenvalue weighted by atomic mass is 35.5. The highest BCUT2D eigenvalue weighted by Crippen LogP contribution is 2.45. The predicted molar refractivity (Wildman–Crippen MR) is 80.7 cm³/mol. The van der Waals surface area contributed by atoms with Gasteiger partial charge >= 0.3 is 0 Å². The fourth-order valence-corrected chi connectivity index (χ4v) is 3.28. The first kappa shape index (κ1) is 13.1. The van der Waals surface area contributed by atoms with Crippen LogP contribution < -0.4 is 4.74 Å². The van der Waals surface area contributed by atoms with E-state index in [0.29, 0.717) is 15.1 Å². The zero-order valence-corrected chi connectivity index (χ0v) is 12.5. The van der Waals surface area contributed by atoms with Crippen molar-refractivity contribution in [2.45, 2.75) is 19.4 Å². The lowest BCUT2D eigenvalue weighted by Gasteiger charge is -2.13. The minimum Gasteiger partial charge on any atom is -0.489 e. The summed E-state index contributed by atoms with van der Waals surface area (Å²) in [5, 5.41) is 1.86. The maximum Gasteiger partial charge on any atom is 0.131 e. The van der Waals surface area contributed by atoms with Crippen molar-refractivity contribution in [3.05, 3.63) is 51.0 Å². The summed E-state index contributed by atoms with van der Waals surface area (Å²) >= 11 is 18.7. The SMILES string of the molecule is CC1Cc2cc(Cl)cc(-c3c(Cl)cccc3Cl)c2O1. The van der Waals surface area contributed by atoms with Crippen LogP contribution >= 0.6 is 34.8 Å². The summed E-state index contributed by atoms with van der Waals surface area (Å²) in [4.78, 5) is 0. The van der Waals surface area contributed by atoms with Crippen LogP contribution in [0, 0.1) is 0 Å². The van der Waals surface area contributed by atoms with Crippen molar-refractivity contribution in [2.24, 2.45) is 0 Å². The summed E-state index contributed by atoms with van der Waals surface area (Å²) in [6, 6.07) is 9.24. The molecule has 3 rings (SSSR count). The van der Waals surface area contributed by atoms with Crippen molar-refractivity contribution >= 4 is 34.8 Å². The average Bonchev–Trinajstić information content (AvgIpc) is 2.69. The third-order valence-corrected chi connectivity index (χ3v) is 4.04. The third-order valence-electron chi connectivity index (χ3n) is 3.19. The smallest absolute Gasteiger partial charge is 0.131 e. The van der Waals surface area contributed by atoms with Crippen LogP contribution in [0.15, 0.2) is 30.3 Å². The van der Waals surface area contributed by atoms with Gasteiger partial charge in [-0.3, -0.25) is 0 Å². The lowest BCUT2D eigenvalue weighted by atomic mass is 10.0. The van der Waals surface area contributed by atoms with Crippen LogP contribution in [0.1, 0.15) is 12.5 Å². The lowest BCUT2D eigenvalue weighted by Crippen LogP contribution is -2.05. The maximum atomic E-state index is 6.27. The number of rotatable bonds is 1. The molecule has 4 heteroatoms. The second kappa shape index (κ2) is 4.90. The molecule has 98 valence electrons. The van der Waals surface area contributed by atoms with Crippen LogP contribution in [-0.4, -0.2) is 6.10 Å². The first-order chi connectivity index (χ1) is 9.06. The fourth-order valence-electron chi connectivity index (χ4n) is 2.43. The van der Waals surface area contributed by atoms with Gasteiger partial charge in [0.05, 0.1) is 10.0 Å². The molecule has 0 bridgehead atoms. The van der Waals surface area contributed by atoms with Gasteiger partial charge in [0, 0.05) is 22.6 Å². The standard InChI is InChI=1S/C15H11Cl3O/c1-8-5-9-6-10(16)7-11(15(9)19-8)14-12(17)3-2-4-13(14)18/h2-4,6-8H,5H2,1H3. The Bertz CT molecular complexity index is 632. The molecule has 19 heavy (non-hydrogen) atoms. The van der Waals surface area contributed by atoms with E-state index in [4.69, 9.17) is 39.5 Å². The minimum absolute atomic E-state index is 0.147. The average molecular weight is 314 g/mol. The number of hydrogen-bond acceptors (Lipinski definition) is 1. The zero-order valence-electron chi connectivity index (χ0n) is 10.2. The monoisotopic (exact) mass is 312 g/mol. The Morgan fingerprint density at radius 1 is 1.11 bits per heavy atom. The Morgan fingerprint density at radius 3 is 2.47 bits per heavy atom. The van der Waals surface area contributed by atoms with E-state index in [9.17, 15) is 0 Å². The number of fused-ring (bicyclic) bond motifs is 1. The van der Waals surface area contributed by atoms with Gasteiger partial charge in [-0.25, -0.2) is 0 Å². The molecule has 1 unspecified atom stereocenters. The molecule has 0 aliphatic carbocycles.